The number of fused-ring (bicyclic) bond motifs is 1. The average molecular weight is 399 g/mol. The van der Waals surface area contributed by atoms with Crippen LogP contribution < -0.4 is 10.1 Å². The van der Waals surface area contributed by atoms with Gasteiger partial charge in [0.15, 0.2) is 0 Å². The van der Waals surface area contributed by atoms with E-state index in [2.05, 4.69) is 23.0 Å². The topological polar surface area (TPSA) is 54.4 Å². The van der Waals surface area contributed by atoms with Crippen LogP contribution in [-0.2, 0) is 0 Å². The number of piperidine rings is 1. The summed E-state index contributed by atoms with van der Waals surface area (Å²) in [5.74, 6) is 1.88. The Balaban J connectivity index is 0.00000169. The van der Waals surface area contributed by atoms with Crippen LogP contribution in [0.5, 0.6) is 5.75 Å². The first-order chi connectivity index (χ1) is 11.7. The number of rotatable bonds is 6. The highest BCUT2D eigenvalue weighted by atomic mass is 35.5. The van der Waals surface area contributed by atoms with Gasteiger partial charge < -0.3 is 15.2 Å². The highest BCUT2D eigenvalue weighted by Crippen LogP contribution is 2.32. The van der Waals surface area contributed by atoms with Gasteiger partial charge >= 0.3 is 0 Å². The molecule has 6 heteroatoms. The third kappa shape index (κ3) is 5.10. The number of aromatic nitrogens is 1. The lowest BCUT2D eigenvalue weighted by Gasteiger charge is -2.30. The lowest BCUT2D eigenvalue weighted by molar-refractivity contribution is 0.147. The molecule has 1 aliphatic heterocycles. The summed E-state index contributed by atoms with van der Waals surface area (Å²) >= 11 is 0. The van der Waals surface area contributed by atoms with Gasteiger partial charge in [-0.15, -0.1) is 31.4 Å². The van der Waals surface area contributed by atoms with E-state index >= 15 is 0 Å². The van der Waals surface area contributed by atoms with Gasteiger partial charge in [0.2, 0.25) is 0 Å². The van der Waals surface area contributed by atoms with Gasteiger partial charge in [0, 0.05) is 18.1 Å². The smallest absolute Gasteiger partial charge is 0.119 e. The normalized spacial score (nSPS) is 20.5. The molecule has 3 rings (SSSR count). The molecule has 0 aliphatic carbocycles. The number of benzene rings is 1. The maximum Gasteiger partial charge on any atom is 0.119 e. The summed E-state index contributed by atoms with van der Waals surface area (Å²) in [6.07, 6.45) is 6.25. The Kier molecular flexibility index (Phi) is 9.37. The van der Waals surface area contributed by atoms with Crippen molar-refractivity contribution in [1.29, 1.82) is 0 Å². The molecule has 0 spiro atoms. The van der Waals surface area contributed by atoms with E-state index in [1.807, 2.05) is 24.3 Å². The number of ether oxygens (including phenoxy) is 1. The Bertz CT molecular complexity index is 711. The largest absolute Gasteiger partial charge is 0.497 e. The molecule has 0 amide bonds. The molecule has 2 heterocycles. The number of aliphatic hydroxyl groups is 1. The molecule has 26 heavy (non-hydrogen) atoms. The predicted octanol–water partition coefficient (Wildman–Crippen LogP) is 4.31. The van der Waals surface area contributed by atoms with Crippen LogP contribution in [0.3, 0.4) is 0 Å². The van der Waals surface area contributed by atoms with E-state index in [1.165, 1.54) is 0 Å². The van der Waals surface area contributed by atoms with Crippen LogP contribution in [0, 0.1) is 11.8 Å². The number of pyridine rings is 1. The van der Waals surface area contributed by atoms with Crippen molar-refractivity contribution >= 4 is 35.7 Å². The van der Waals surface area contributed by atoms with Gasteiger partial charge in [-0.05, 0) is 67.5 Å². The zero-order chi connectivity index (χ0) is 16.9. The second kappa shape index (κ2) is 10.7. The van der Waals surface area contributed by atoms with E-state index in [9.17, 15) is 5.11 Å². The molecule has 144 valence electrons. The van der Waals surface area contributed by atoms with Crippen molar-refractivity contribution in [3.8, 4) is 5.75 Å². The van der Waals surface area contributed by atoms with Crippen molar-refractivity contribution in [2.45, 2.75) is 25.4 Å². The third-order valence-corrected chi connectivity index (χ3v) is 5.13. The first-order valence-corrected chi connectivity index (χ1v) is 8.67. The highest BCUT2D eigenvalue weighted by molar-refractivity contribution is 5.85. The Morgan fingerprint density at radius 3 is 2.92 bits per heavy atom. The number of nitrogens with zero attached hydrogens (tertiary/aromatic N) is 1. The van der Waals surface area contributed by atoms with Gasteiger partial charge in [-0.2, -0.15) is 0 Å². The maximum atomic E-state index is 10.8. The van der Waals surface area contributed by atoms with Crippen molar-refractivity contribution in [3.05, 3.63) is 48.7 Å². The molecule has 1 fully saturated rings. The number of halogens is 2. The van der Waals surface area contributed by atoms with E-state index < -0.39 is 6.10 Å². The van der Waals surface area contributed by atoms with E-state index in [1.54, 1.807) is 13.3 Å². The molecule has 0 radical (unpaired) electrons. The van der Waals surface area contributed by atoms with Gasteiger partial charge in [0.25, 0.3) is 0 Å². The van der Waals surface area contributed by atoms with Crippen LogP contribution in [0.15, 0.2) is 43.1 Å². The van der Waals surface area contributed by atoms with Crippen LogP contribution in [0.2, 0.25) is 0 Å². The van der Waals surface area contributed by atoms with Crippen molar-refractivity contribution in [1.82, 2.24) is 10.3 Å². The second-order valence-corrected chi connectivity index (χ2v) is 6.53. The molecule has 2 aromatic rings. The number of nitrogens with one attached hydrogen (secondary N) is 1. The van der Waals surface area contributed by atoms with Crippen LogP contribution in [-0.4, -0.2) is 30.3 Å². The summed E-state index contributed by atoms with van der Waals surface area (Å²) in [6.45, 7) is 6.01. The number of methoxy groups -OCH3 is 1. The lowest BCUT2D eigenvalue weighted by Crippen LogP contribution is -2.35. The minimum absolute atomic E-state index is 0. The summed E-state index contributed by atoms with van der Waals surface area (Å²) < 4.78 is 5.31. The Morgan fingerprint density at radius 2 is 2.19 bits per heavy atom. The minimum atomic E-state index is -0.483. The Morgan fingerprint density at radius 1 is 1.38 bits per heavy atom. The van der Waals surface area contributed by atoms with Crippen LogP contribution in [0.1, 0.15) is 30.9 Å². The molecular formula is C20H28Cl2N2O2. The molecule has 4 nitrogen and oxygen atoms in total. The molecule has 1 aliphatic rings. The maximum absolute atomic E-state index is 10.8. The van der Waals surface area contributed by atoms with Crippen molar-refractivity contribution in [3.63, 3.8) is 0 Å². The molecule has 1 aromatic carbocycles. The zero-order valence-corrected chi connectivity index (χ0v) is 16.7. The Hall–Kier alpha value is -1.33. The molecule has 3 atom stereocenters. The van der Waals surface area contributed by atoms with Gasteiger partial charge in [0.05, 0.1) is 18.7 Å². The number of hydrogen-bond donors (Lipinski definition) is 2. The minimum Gasteiger partial charge on any atom is -0.497 e. The molecular weight excluding hydrogens is 371 g/mol. The molecule has 1 aromatic heterocycles. The first-order valence-electron chi connectivity index (χ1n) is 8.67. The van der Waals surface area contributed by atoms with E-state index in [-0.39, 0.29) is 24.8 Å². The molecule has 0 unspecified atom stereocenters. The first kappa shape index (κ1) is 22.7. The molecule has 0 saturated carbocycles. The second-order valence-electron chi connectivity index (χ2n) is 6.53. The number of aliphatic hydroxyl groups excluding tert-OH is 1. The quantitative estimate of drug-likeness (QED) is 0.711. The summed E-state index contributed by atoms with van der Waals surface area (Å²) in [4.78, 5) is 4.39. The summed E-state index contributed by atoms with van der Waals surface area (Å²) in [5.41, 5.74) is 1.82. The fraction of sp³-hybridized carbons (Fsp3) is 0.450. The predicted molar refractivity (Wildman–Crippen MR) is 112 cm³/mol. The van der Waals surface area contributed by atoms with Crippen LogP contribution in [0.25, 0.3) is 10.9 Å². The summed E-state index contributed by atoms with van der Waals surface area (Å²) in [5, 5.41) is 15.1. The molecule has 0 bridgehead atoms. The van der Waals surface area contributed by atoms with E-state index in [0.29, 0.717) is 11.8 Å². The monoisotopic (exact) mass is 398 g/mol. The fourth-order valence-corrected chi connectivity index (χ4v) is 3.66. The van der Waals surface area contributed by atoms with Crippen LogP contribution in [0.4, 0.5) is 0 Å². The van der Waals surface area contributed by atoms with Crippen LogP contribution >= 0.6 is 24.8 Å². The Labute approximate surface area is 167 Å². The zero-order valence-electron chi connectivity index (χ0n) is 15.1. The van der Waals surface area contributed by atoms with E-state index in [0.717, 1.165) is 54.6 Å². The van der Waals surface area contributed by atoms with E-state index in [4.69, 9.17) is 4.74 Å². The van der Waals surface area contributed by atoms with Crippen molar-refractivity contribution < 1.29 is 9.84 Å². The highest BCUT2D eigenvalue weighted by Gasteiger charge is 2.23. The van der Waals surface area contributed by atoms with Gasteiger partial charge in [-0.3, -0.25) is 4.98 Å². The lowest BCUT2D eigenvalue weighted by atomic mass is 9.82. The molecule has 1 saturated heterocycles. The van der Waals surface area contributed by atoms with Crippen molar-refractivity contribution in [2.75, 3.05) is 20.2 Å². The average Bonchev–Trinajstić information content (AvgIpc) is 2.65. The van der Waals surface area contributed by atoms with Gasteiger partial charge in [0.1, 0.15) is 5.75 Å². The molecule has 2 N–H and O–H groups in total. The standard InChI is InChI=1S/C20H26N2O2.2ClH/c1-3-14-13-21-10-8-15(14)4-7-20(23)17-9-11-22-19-6-5-16(24-2)12-18(17)19;;/h3,5-6,9,11-12,14-15,20-21,23H,1,4,7-8,10,13H2,2H3;2*1H/t14-,15+,20+;;/m0../s1. The number of hydrogen-bond acceptors (Lipinski definition) is 4. The van der Waals surface area contributed by atoms with Crippen molar-refractivity contribution in [2.24, 2.45) is 11.8 Å². The van der Waals surface area contributed by atoms with Gasteiger partial charge in [-0.25, -0.2) is 0 Å². The third-order valence-electron chi connectivity index (χ3n) is 5.13. The van der Waals surface area contributed by atoms with Gasteiger partial charge in [-0.1, -0.05) is 6.08 Å². The summed E-state index contributed by atoms with van der Waals surface area (Å²) in [6, 6.07) is 7.71. The summed E-state index contributed by atoms with van der Waals surface area (Å²) in [7, 11) is 1.65. The fourth-order valence-electron chi connectivity index (χ4n) is 3.66. The SMILES string of the molecule is C=C[C@H]1CNCC[C@H]1CC[C@@H](O)c1ccnc2ccc(OC)cc12.Cl.Cl.